The van der Waals surface area contributed by atoms with Gasteiger partial charge in [-0.2, -0.15) is 0 Å². The molecule has 2 fully saturated rings. The molecular formula is C26H28O3. The number of carbonyl (C=O) groups is 1. The molecule has 3 aliphatic rings. The van der Waals surface area contributed by atoms with Gasteiger partial charge < -0.3 is 9.84 Å². The van der Waals surface area contributed by atoms with Gasteiger partial charge in [-0.15, -0.1) is 0 Å². The van der Waals surface area contributed by atoms with Crippen LogP contribution in [0.2, 0.25) is 0 Å². The average Bonchev–Trinajstić information content (AvgIpc) is 3.55. The van der Waals surface area contributed by atoms with Crippen molar-refractivity contribution in [3.63, 3.8) is 0 Å². The number of rotatable bonds is 5. The fraction of sp³-hybridized carbons (Fsp3) is 0.423. The molecular weight excluding hydrogens is 360 g/mol. The van der Waals surface area contributed by atoms with Crippen molar-refractivity contribution in [2.45, 2.75) is 56.5 Å². The highest BCUT2D eigenvalue weighted by atomic mass is 16.6. The Morgan fingerprint density at radius 2 is 1.66 bits per heavy atom. The monoisotopic (exact) mass is 388 g/mol. The van der Waals surface area contributed by atoms with E-state index in [9.17, 15) is 9.90 Å². The number of hydrogen-bond donors (Lipinski definition) is 1. The van der Waals surface area contributed by atoms with E-state index in [1.54, 1.807) is 0 Å². The molecule has 2 aromatic carbocycles. The summed E-state index contributed by atoms with van der Waals surface area (Å²) in [6.45, 7) is 0. The molecule has 2 saturated carbocycles. The molecule has 3 unspecified atom stereocenters. The van der Waals surface area contributed by atoms with E-state index >= 15 is 0 Å². The second kappa shape index (κ2) is 7.37. The second-order valence-corrected chi connectivity index (χ2v) is 8.90. The van der Waals surface area contributed by atoms with Crippen LogP contribution in [0.5, 0.6) is 0 Å². The van der Waals surface area contributed by atoms with Gasteiger partial charge >= 0.3 is 5.97 Å². The van der Waals surface area contributed by atoms with E-state index < -0.39 is 5.60 Å². The lowest BCUT2D eigenvalue weighted by molar-refractivity contribution is -0.157. The van der Waals surface area contributed by atoms with Crippen molar-refractivity contribution in [2.75, 3.05) is 0 Å². The number of esters is 1. The van der Waals surface area contributed by atoms with Crippen LogP contribution in [0.4, 0.5) is 0 Å². The van der Waals surface area contributed by atoms with Crippen molar-refractivity contribution >= 4 is 5.97 Å². The summed E-state index contributed by atoms with van der Waals surface area (Å²) >= 11 is 0. The fourth-order valence-electron chi connectivity index (χ4n) is 5.46. The van der Waals surface area contributed by atoms with Crippen LogP contribution < -0.4 is 0 Å². The van der Waals surface area contributed by atoms with E-state index in [4.69, 9.17) is 4.74 Å². The first-order valence-electron chi connectivity index (χ1n) is 10.9. The summed E-state index contributed by atoms with van der Waals surface area (Å²) in [4.78, 5) is 13.2. The first-order chi connectivity index (χ1) is 14.2. The van der Waals surface area contributed by atoms with Gasteiger partial charge in [0.15, 0.2) is 5.60 Å². The van der Waals surface area contributed by atoms with E-state index in [1.807, 2.05) is 36.4 Å². The number of carbonyl (C=O) groups excluding carboxylic acids is 1. The minimum Gasteiger partial charge on any atom is -0.507 e. The third kappa shape index (κ3) is 3.27. The molecule has 3 heteroatoms. The van der Waals surface area contributed by atoms with Crippen LogP contribution in [0.15, 0.2) is 72.0 Å². The van der Waals surface area contributed by atoms with Crippen LogP contribution >= 0.6 is 0 Å². The third-order valence-corrected chi connectivity index (χ3v) is 7.05. The number of aliphatic hydroxyl groups excluding tert-OH is 1. The zero-order valence-electron chi connectivity index (χ0n) is 16.7. The Morgan fingerprint density at radius 1 is 0.966 bits per heavy atom. The normalized spacial score (nSPS) is 27.9. The van der Waals surface area contributed by atoms with Gasteiger partial charge in [-0.25, -0.2) is 4.79 Å². The van der Waals surface area contributed by atoms with Crippen LogP contribution in [0.1, 0.15) is 55.6 Å². The SMILES string of the molecule is O=C1OC2(CCCCC2Cc2ccccc2)C(O)=C1C(c1ccccc1)C1CC1. The van der Waals surface area contributed by atoms with Gasteiger partial charge in [-0.05, 0) is 55.6 Å². The predicted octanol–water partition coefficient (Wildman–Crippen LogP) is 5.72. The van der Waals surface area contributed by atoms with Crippen LogP contribution in [-0.2, 0) is 16.0 Å². The lowest BCUT2D eigenvalue weighted by Gasteiger charge is -2.40. The molecule has 0 bridgehead atoms. The summed E-state index contributed by atoms with van der Waals surface area (Å²) in [5, 5.41) is 11.5. The Bertz CT molecular complexity index is 913. The number of aliphatic hydroxyl groups is 1. The van der Waals surface area contributed by atoms with Crippen molar-refractivity contribution in [1.29, 1.82) is 0 Å². The van der Waals surface area contributed by atoms with Gasteiger partial charge in [0.2, 0.25) is 0 Å². The fourth-order valence-corrected chi connectivity index (χ4v) is 5.46. The van der Waals surface area contributed by atoms with E-state index in [-0.39, 0.29) is 23.6 Å². The molecule has 0 saturated heterocycles. The molecule has 3 atom stereocenters. The molecule has 2 aromatic rings. The maximum Gasteiger partial charge on any atom is 0.339 e. The Kier molecular flexibility index (Phi) is 4.69. The topological polar surface area (TPSA) is 46.5 Å². The highest BCUT2D eigenvalue weighted by Crippen LogP contribution is 2.54. The number of ether oxygens (including phenoxy) is 1. The molecule has 1 N–H and O–H groups in total. The van der Waals surface area contributed by atoms with Crippen molar-refractivity contribution < 1.29 is 14.6 Å². The van der Waals surface area contributed by atoms with E-state index in [0.717, 1.165) is 50.5 Å². The predicted molar refractivity (Wildman–Crippen MR) is 112 cm³/mol. The van der Waals surface area contributed by atoms with Crippen molar-refractivity contribution in [1.82, 2.24) is 0 Å². The molecule has 5 rings (SSSR count). The lowest BCUT2D eigenvalue weighted by atomic mass is 9.70. The molecule has 0 aromatic heterocycles. The molecule has 0 amide bonds. The third-order valence-electron chi connectivity index (χ3n) is 7.05. The van der Waals surface area contributed by atoms with E-state index in [0.29, 0.717) is 11.5 Å². The van der Waals surface area contributed by atoms with E-state index in [2.05, 4.69) is 24.3 Å². The first-order valence-corrected chi connectivity index (χ1v) is 10.9. The highest BCUT2D eigenvalue weighted by molar-refractivity contribution is 5.94. The van der Waals surface area contributed by atoms with Gasteiger partial charge in [-0.1, -0.05) is 67.1 Å². The number of benzene rings is 2. The zero-order chi connectivity index (χ0) is 19.8. The van der Waals surface area contributed by atoms with Crippen LogP contribution in [0.25, 0.3) is 0 Å². The summed E-state index contributed by atoms with van der Waals surface area (Å²) < 4.78 is 6.12. The Balaban J connectivity index is 1.54. The number of hydrogen-bond acceptors (Lipinski definition) is 3. The Hall–Kier alpha value is -2.55. The van der Waals surface area contributed by atoms with Crippen molar-refractivity contribution in [3.8, 4) is 0 Å². The van der Waals surface area contributed by atoms with Gasteiger partial charge in [0.1, 0.15) is 5.76 Å². The maximum absolute atomic E-state index is 13.2. The van der Waals surface area contributed by atoms with Crippen molar-refractivity contribution in [3.05, 3.63) is 83.1 Å². The highest BCUT2D eigenvalue weighted by Gasteiger charge is 2.56. The van der Waals surface area contributed by atoms with Crippen LogP contribution in [-0.4, -0.2) is 16.7 Å². The molecule has 0 radical (unpaired) electrons. The molecule has 29 heavy (non-hydrogen) atoms. The lowest BCUT2D eigenvalue weighted by Crippen LogP contribution is -2.44. The van der Waals surface area contributed by atoms with Crippen LogP contribution in [0.3, 0.4) is 0 Å². The molecule has 1 heterocycles. The summed E-state index contributed by atoms with van der Waals surface area (Å²) in [7, 11) is 0. The van der Waals surface area contributed by atoms with Gasteiger partial charge in [0.25, 0.3) is 0 Å². The van der Waals surface area contributed by atoms with Crippen LogP contribution in [0, 0.1) is 11.8 Å². The molecule has 150 valence electrons. The summed E-state index contributed by atoms with van der Waals surface area (Å²) in [5.41, 5.74) is 2.03. The average molecular weight is 389 g/mol. The molecule has 2 aliphatic carbocycles. The van der Waals surface area contributed by atoms with Crippen molar-refractivity contribution in [2.24, 2.45) is 11.8 Å². The Morgan fingerprint density at radius 3 is 2.34 bits per heavy atom. The smallest absolute Gasteiger partial charge is 0.339 e. The maximum atomic E-state index is 13.2. The zero-order valence-corrected chi connectivity index (χ0v) is 16.7. The minimum absolute atomic E-state index is 0.0534. The molecule has 1 aliphatic heterocycles. The minimum atomic E-state index is -0.845. The second-order valence-electron chi connectivity index (χ2n) is 8.90. The summed E-state index contributed by atoms with van der Waals surface area (Å²) in [5.74, 6) is 0.415. The largest absolute Gasteiger partial charge is 0.507 e. The van der Waals surface area contributed by atoms with Gasteiger partial charge in [-0.3, -0.25) is 0 Å². The first kappa shape index (κ1) is 18.5. The summed E-state index contributed by atoms with van der Waals surface area (Å²) in [6.07, 6.45) is 6.81. The molecule has 1 spiro atoms. The molecule has 3 nitrogen and oxygen atoms in total. The van der Waals surface area contributed by atoms with Gasteiger partial charge in [0.05, 0.1) is 5.57 Å². The Labute approximate surface area is 172 Å². The quantitative estimate of drug-likeness (QED) is 0.666. The summed E-state index contributed by atoms with van der Waals surface area (Å²) in [6, 6.07) is 20.5. The van der Waals surface area contributed by atoms with E-state index in [1.165, 1.54) is 5.56 Å². The standard InChI is InChI=1S/C26H28O3/c27-24-23(22(20-14-15-20)19-11-5-2-6-12-19)25(28)29-26(24)16-8-7-13-21(26)17-18-9-3-1-4-10-18/h1-6,9-12,20-22,27H,7-8,13-17H2. The van der Waals surface area contributed by atoms with Gasteiger partial charge in [0, 0.05) is 11.8 Å².